The molecule has 0 unspecified atom stereocenters. The van der Waals surface area contributed by atoms with E-state index in [-0.39, 0.29) is 12.0 Å². The summed E-state index contributed by atoms with van der Waals surface area (Å²) in [5.41, 5.74) is 1.69. The van der Waals surface area contributed by atoms with Crippen molar-refractivity contribution in [2.24, 2.45) is 0 Å². The van der Waals surface area contributed by atoms with Crippen molar-refractivity contribution < 1.29 is 14.3 Å². The molecule has 5 heteroatoms. The maximum absolute atomic E-state index is 11.9. The van der Waals surface area contributed by atoms with Crippen LogP contribution in [0.25, 0.3) is 0 Å². The zero-order valence-electron chi connectivity index (χ0n) is 13.8. The second-order valence-corrected chi connectivity index (χ2v) is 5.73. The predicted molar refractivity (Wildman–Crippen MR) is 87.9 cm³/mol. The maximum Gasteiger partial charge on any atom is 0.313 e. The average Bonchev–Trinajstić information content (AvgIpc) is 2.46. The van der Waals surface area contributed by atoms with Crippen LogP contribution in [0.1, 0.15) is 45.6 Å². The van der Waals surface area contributed by atoms with E-state index in [9.17, 15) is 9.59 Å². The molecule has 5 nitrogen and oxygen atoms in total. The Morgan fingerprint density at radius 2 is 1.77 bits per heavy atom. The summed E-state index contributed by atoms with van der Waals surface area (Å²) in [7, 11) is 0. The number of hydrogen-bond donors (Lipinski definition) is 2. The SMILES string of the molecule is CC(C)OCCCNC(=O)C(=O)Nc1ccccc1C(C)C. The van der Waals surface area contributed by atoms with E-state index in [0.717, 1.165) is 5.56 Å². The summed E-state index contributed by atoms with van der Waals surface area (Å²) in [6.07, 6.45) is 0.853. The quantitative estimate of drug-likeness (QED) is 0.601. The van der Waals surface area contributed by atoms with Crippen LogP contribution in [0.3, 0.4) is 0 Å². The van der Waals surface area contributed by atoms with Crippen LogP contribution >= 0.6 is 0 Å². The Morgan fingerprint density at radius 3 is 2.41 bits per heavy atom. The van der Waals surface area contributed by atoms with Gasteiger partial charge in [-0.15, -0.1) is 0 Å². The van der Waals surface area contributed by atoms with Crippen molar-refractivity contribution >= 4 is 17.5 Å². The van der Waals surface area contributed by atoms with Gasteiger partial charge < -0.3 is 15.4 Å². The number of para-hydroxylation sites is 1. The predicted octanol–water partition coefficient (Wildman–Crippen LogP) is 2.68. The van der Waals surface area contributed by atoms with Gasteiger partial charge >= 0.3 is 11.8 Å². The minimum Gasteiger partial charge on any atom is -0.379 e. The molecule has 0 aliphatic rings. The van der Waals surface area contributed by atoms with Gasteiger partial charge in [0, 0.05) is 18.8 Å². The van der Waals surface area contributed by atoms with E-state index in [1.54, 1.807) is 6.07 Å². The van der Waals surface area contributed by atoms with Gasteiger partial charge in [-0.05, 0) is 37.8 Å². The number of carbonyl (C=O) groups excluding carboxylic acids is 2. The summed E-state index contributed by atoms with van der Waals surface area (Å²) in [4.78, 5) is 23.7. The second-order valence-electron chi connectivity index (χ2n) is 5.73. The molecule has 0 saturated heterocycles. The smallest absolute Gasteiger partial charge is 0.313 e. The molecule has 22 heavy (non-hydrogen) atoms. The van der Waals surface area contributed by atoms with Crippen molar-refractivity contribution in [2.75, 3.05) is 18.5 Å². The Labute approximate surface area is 132 Å². The van der Waals surface area contributed by atoms with E-state index in [4.69, 9.17) is 4.74 Å². The summed E-state index contributed by atoms with van der Waals surface area (Å²) in [6.45, 7) is 8.98. The van der Waals surface area contributed by atoms with E-state index in [1.165, 1.54) is 0 Å². The van der Waals surface area contributed by atoms with Crippen molar-refractivity contribution in [2.45, 2.75) is 46.1 Å². The topological polar surface area (TPSA) is 67.4 Å². The first-order valence-corrected chi connectivity index (χ1v) is 7.71. The first kappa shape index (κ1) is 18.2. The molecule has 0 aliphatic heterocycles. The minimum absolute atomic E-state index is 0.173. The van der Waals surface area contributed by atoms with E-state index >= 15 is 0 Å². The Kier molecular flexibility index (Phi) is 7.60. The standard InChI is InChI=1S/C17H26N2O3/c1-12(2)14-8-5-6-9-15(14)19-17(21)16(20)18-10-7-11-22-13(3)4/h5-6,8-9,12-13H,7,10-11H2,1-4H3,(H,18,20)(H,19,21). The Balaban J connectivity index is 2.43. The lowest BCUT2D eigenvalue weighted by Gasteiger charge is -2.13. The summed E-state index contributed by atoms with van der Waals surface area (Å²) >= 11 is 0. The Bertz CT molecular complexity index is 498. The number of ether oxygens (including phenoxy) is 1. The highest BCUT2D eigenvalue weighted by Gasteiger charge is 2.15. The fourth-order valence-corrected chi connectivity index (χ4v) is 1.97. The summed E-state index contributed by atoms with van der Waals surface area (Å²) in [5.74, 6) is -0.992. The average molecular weight is 306 g/mol. The molecule has 2 N–H and O–H groups in total. The lowest BCUT2D eigenvalue weighted by molar-refractivity contribution is -0.136. The van der Waals surface area contributed by atoms with Crippen LogP contribution in [0.5, 0.6) is 0 Å². The molecule has 0 spiro atoms. The number of carbonyl (C=O) groups is 2. The zero-order chi connectivity index (χ0) is 16.5. The molecule has 1 aromatic rings. The molecule has 0 aliphatic carbocycles. The fraction of sp³-hybridized carbons (Fsp3) is 0.529. The van der Waals surface area contributed by atoms with Crippen LogP contribution in [0.2, 0.25) is 0 Å². The first-order chi connectivity index (χ1) is 10.4. The third-order valence-electron chi connectivity index (χ3n) is 3.10. The van der Waals surface area contributed by atoms with Crippen molar-refractivity contribution in [3.05, 3.63) is 29.8 Å². The van der Waals surface area contributed by atoms with E-state index in [2.05, 4.69) is 10.6 Å². The van der Waals surface area contributed by atoms with Gasteiger partial charge in [0.1, 0.15) is 0 Å². The normalized spacial score (nSPS) is 10.8. The van der Waals surface area contributed by atoms with Crippen molar-refractivity contribution in [1.29, 1.82) is 0 Å². The van der Waals surface area contributed by atoms with Crippen molar-refractivity contribution in [3.8, 4) is 0 Å². The van der Waals surface area contributed by atoms with Gasteiger partial charge in [0.2, 0.25) is 0 Å². The van der Waals surface area contributed by atoms with E-state index < -0.39 is 11.8 Å². The molecule has 0 bridgehead atoms. The second kappa shape index (κ2) is 9.20. The third-order valence-corrected chi connectivity index (χ3v) is 3.10. The van der Waals surface area contributed by atoms with Gasteiger partial charge in [-0.25, -0.2) is 0 Å². The van der Waals surface area contributed by atoms with Gasteiger partial charge in [-0.1, -0.05) is 32.0 Å². The van der Waals surface area contributed by atoms with Crippen LogP contribution in [0.15, 0.2) is 24.3 Å². The molecule has 0 heterocycles. The molecule has 2 amide bonds. The van der Waals surface area contributed by atoms with Gasteiger partial charge in [0.15, 0.2) is 0 Å². The third kappa shape index (κ3) is 6.26. The fourth-order valence-electron chi connectivity index (χ4n) is 1.97. The van der Waals surface area contributed by atoms with Crippen LogP contribution in [-0.2, 0) is 14.3 Å². The molecule has 0 fully saturated rings. The lowest BCUT2D eigenvalue weighted by atomic mass is 10.0. The zero-order valence-corrected chi connectivity index (χ0v) is 13.8. The van der Waals surface area contributed by atoms with Gasteiger partial charge in [-0.3, -0.25) is 9.59 Å². The summed E-state index contributed by atoms with van der Waals surface area (Å²) in [5, 5.41) is 5.26. The van der Waals surface area contributed by atoms with Gasteiger partial charge in [0.05, 0.1) is 6.10 Å². The van der Waals surface area contributed by atoms with Crippen molar-refractivity contribution in [3.63, 3.8) is 0 Å². The Morgan fingerprint density at radius 1 is 1.09 bits per heavy atom. The van der Waals surface area contributed by atoms with Crippen LogP contribution in [-0.4, -0.2) is 31.1 Å². The molecule has 0 aromatic heterocycles. The van der Waals surface area contributed by atoms with Crippen molar-refractivity contribution in [1.82, 2.24) is 5.32 Å². The number of amides is 2. The lowest BCUT2D eigenvalue weighted by Crippen LogP contribution is -2.36. The molecule has 0 atom stereocenters. The molecule has 1 rings (SSSR count). The number of anilines is 1. The summed E-state index contributed by atoms with van der Waals surface area (Å²) < 4.78 is 5.37. The monoisotopic (exact) mass is 306 g/mol. The highest BCUT2D eigenvalue weighted by atomic mass is 16.5. The van der Waals surface area contributed by atoms with Crippen LogP contribution in [0, 0.1) is 0 Å². The molecule has 122 valence electrons. The summed E-state index contributed by atoms with van der Waals surface area (Å²) in [6, 6.07) is 7.50. The van der Waals surface area contributed by atoms with Crippen LogP contribution in [0.4, 0.5) is 5.69 Å². The van der Waals surface area contributed by atoms with E-state index in [1.807, 2.05) is 45.9 Å². The molecule has 0 radical (unpaired) electrons. The number of rotatable bonds is 7. The largest absolute Gasteiger partial charge is 0.379 e. The highest BCUT2D eigenvalue weighted by molar-refractivity contribution is 6.39. The van der Waals surface area contributed by atoms with Gasteiger partial charge in [-0.2, -0.15) is 0 Å². The van der Waals surface area contributed by atoms with Gasteiger partial charge in [0.25, 0.3) is 0 Å². The molecular formula is C17H26N2O3. The Hall–Kier alpha value is -1.88. The molecule has 0 saturated carbocycles. The van der Waals surface area contributed by atoms with Crippen LogP contribution < -0.4 is 10.6 Å². The maximum atomic E-state index is 11.9. The minimum atomic E-state index is -0.641. The number of benzene rings is 1. The number of hydrogen-bond acceptors (Lipinski definition) is 3. The van der Waals surface area contributed by atoms with E-state index in [0.29, 0.717) is 25.3 Å². The molecular weight excluding hydrogens is 280 g/mol. The highest BCUT2D eigenvalue weighted by Crippen LogP contribution is 2.23. The molecule has 1 aromatic carbocycles. The number of nitrogens with one attached hydrogen (secondary N) is 2. The first-order valence-electron chi connectivity index (χ1n) is 7.71.